The molecule has 0 bridgehead atoms. The highest BCUT2D eigenvalue weighted by molar-refractivity contribution is 5.91. The van der Waals surface area contributed by atoms with Crippen LogP contribution in [-0.4, -0.2) is 27.7 Å². The second-order valence-corrected chi connectivity index (χ2v) is 2.85. The molecule has 7 heteroatoms. The van der Waals surface area contributed by atoms with Gasteiger partial charge in [0.05, 0.1) is 4.92 Å². The third kappa shape index (κ3) is 1.70. The molecule has 1 aromatic heterocycles. The van der Waals surface area contributed by atoms with Crippen molar-refractivity contribution in [3.05, 3.63) is 16.3 Å². The van der Waals surface area contributed by atoms with Crippen molar-refractivity contribution in [1.82, 2.24) is 9.78 Å². The lowest BCUT2D eigenvalue weighted by Crippen LogP contribution is -2.24. The largest absolute Gasteiger partial charge is 0.331 e. The van der Waals surface area contributed by atoms with E-state index >= 15 is 0 Å². The summed E-state index contributed by atoms with van der Waals surface area (Å²) in [5.41, 5.74) is -0.176. The maximum Gasteiger partial charge on any atom is 0.331 e. The Morgan fingerprint density at radius 1 is 1.71 bits per heavy atom. The molecule has 1 rings (SSSR count). The Morgan fingerprint density at radius 3 is 2.71 bits per heavy atom. The minimum absolute atomic E-state index is 0.0602. The summed E-state index contributed by atoms with van der Waals surface area (Å²) < 4.78 is 1.30. The van der Waals surface area contributed by atoms with Crippen LogP contribution in [0.4, 0.5) is 11.5 Å². The molecule has 0 aliphatic rings. The molecular formula is C7H10N4O3. The van der Waals surface area contributed by atoms with E-state index in [4.69, 9.17) is 0 Å². The second kappa shape index (κ2) is 3.44. The Morgan fingerprint density at radius 2 is 2.29 bits per heavy atom. The van der Waals surface area contributed by atoms with Gasteiger partial charge in [-0.3, -0.25) is 24.5 Å². The van der Waals surface area contributed by atoms with Gasteiger partial charge in [0.15, 0.2) is 0 Å². The highest BCUT2D eigenvalue weighted by Gasteiger charge is 2.23. The van der Waals surface area contributed by atoms with E-state index in [9.17, 15) is 14.9 Å². The molecule has 0 unspecified atom stereocenters. The van der Waals surface area contributed by atoms with E-state index in [-0.39, 0.29) is 17.4 Å². The summed E-state index contributed by atoms with van der Waals surface area (Å²) in [6, 6.07) is 0. The van der Waals surface area contributed by atoms with Crippen LogP contribution < -0.4 is 4.90 Å². The zero-order valence-electron chi connectivity index (χ0n) is 8.09. The summed E-state index contributed by atoms with van der Waals surface area (Å²) in [5.74, 6) is -0.239. The summed E-state index contributed by atoms with van der Waals surface area (Å²) in [6.07, 6.45) is 1.26. The first-order valence-electron chi connectivity index (χ1n) is 3.86. The Balaban J connectivity index is 3.19. The Bertz CT molecular complexity index is 384. The third-order valence-corrected chi connectivity index (χ3v) is 1.78. The van der Waals surface area contributed by atoms with Crippen molar-refractivity contribution in [1.29, 1.82) is 0 Å². The number of nitrogens with zero attached hydrogens (tertiary/aromatic N) is 4. The summed E-state index contributed by atoms with van der Waals surface area (Å²) in [4.78, 5) is 22.1. The molecule has 7 nitrogen and oxygen atoms in total. The van der Waals surface area contributed by atoms with Crippen molar-refractivity contribution in [3.63, 3.8) is 0 Å². The van der Waals surface area contributed by atoms with E-state index in [0.717, 1.165) is 4.90 Å². The molecular weight excluding hydrogens is 188 g/mol. The highest BCUT2D eigenvalue weighted by atomic mass is 16.6. The topological polar surface area (TPSA) is 81.3 Å². The zero-order valence-corrected chi connectivity index (χ0v) is 8.09. The Kier molecular flexibility index (Phi) is 2.50. The van der Waals surface area contributed by atoms with Gasteiger partial charge in [0.2, 0.25) is 11.7 Å². The molecule has 0 radical (unpaired) electrons. The Hall–Kier alpha value is -1.92. The summed E-state index contributed by atoms with van der Waals surface area (Å²) in [6.45, 7) is 1.32. The molecule has 0 aliphatic carbocycles. The lowest BCUT2D eigenvalue weighted by Gasteiger charge is -2.09. The summed E-state index contributed by atoms with van der Waals surface area (Å²) in [7, 11) is 3.00. The average Bonchev–Trinajstić information content (AvgIpc) is 2.45. The van der Waals surface area contributed by atoms with Gasteiger partial charge in [-0.2, -0.15) is 0 Å². The van der Waals surface area contributed by atoms with Crippen LogP contribution in [0.25, 0.3) is 0 Å². The van der Waals surface area contributed by atoms with Crippen molar-refractivity contribution in [2.75, 3.05) is 11.9 Å². The SMILES string of the molecule is CC(=O)N(C)c1nn(C)cc1[N+](=O)[O-]. The fourth-order valence-electron chi connectivity index (χ4n) is 0.981. The van der Waals surface area contributed by atoms with E-state index < -0.39 is 4.92 Å². The van der Waals surface area contributed by atoms with Crippen molar-refractivity contribution >= 4 is 17.4 Å². The maximum atomic E-state index is 11.0. The van der Waals surface area contributed by atoms with E-state index in [0.29, 0.717) is 0 Å². The number of aromatic nitrogens is 2. The van der Waals surface area contributed by atoms with Crippen molar-refractivity contribution in [2.24, 2.45) is 7.05 Å². The summed E-state index contributed by atoms with van der Waals surface area (Å²) >= 11 is 0. The molecule has 0 fully saturated rings. The molecule has 0 aromatic carbocycles. The molecule has 0 aliphatic heterocycles. The maximum absolute atomic E-state index is 11.0. The van der Waals surface area contributed by atoms with Crippen LogP contribution in [0, 0.1) is 10.1 Å². The Labute approximate surface area is 80.1 Å². The van der Waals surface area contributed by atoms with E-state index in [1.807, 2.05) is 0 Å². The van der Waals surface area contributed by atoms with Gasteiger partial charge >= 0.3 is 5.69 Å². The van der Waals surface area contributed by atoms with E-state index in [2.05, 4.69) is 5.10 Å². The number of carbonyl (C=O) groups excluding carboxylic acids is 1. The quantitative estimate of drug-likeness (QED) is 0.506. The van der Waals surface area contributed by atoms with E-state index in [1.165, 1.54) is 24.9 Å². The first-order chi connectivity index (χ1) is 6.43. The number of carbonyl (C=O) groups is 1. The number of hydrogen-bond donors (Lipinski definition) is 0. The van der Waals surface area contributed by atoms with Gasteiger partial charge in [0.25, 0.3) is 0 Å². The molecule has 0 saturated carbocycles. The molecule has 1 amide bonds. The number of rotatable bonds is 2. The van der Waals surface area contributed by atoms with Gasteiger partial charge in [-0.15, -0.1) is 5.10 Å². The van der Waals surface area contributed by atoms with Crippen molar-refractivity contribution in [3.8, 4) is 0 Å². The first-order valence-corrected chi connectivity index (χ1v) is 3.86. The van der Waals surface area contributed by atoms with Gasteiger partial charge in [-0.1, -0.05) is 0 Å². The molecule has 0 atom stereocenters. The first kappa shape index (κ1) is 10.2. The number of hydrogen-bond acceptors (Lipinski definition) is 4. The fraction of sp³-hybridized carbons (Fsp3) is 0.429. The van der Waals surface area contributed by atoms with Crippen LogP contribution in [0.15, 0.2) is 6.20 Å². The van der Waals surface area contributed by atoms with Gasteiger partial charge in [-0.05, 0) is 0 Å². The monoisotopic (exact) mass is 198 g/mol. The number of amides is 1. The normalized spacial score (nSPS) is 9.93. The van der Waals surface area contributed by atoms with Gasteiger partial charge in [-0.25, -0.2) is 0 Å². The average molecular weight is 198 g/mol. The second-order valence-electron chi connectivity index (χ2n) is 2.85. The number of nitro groups is 1. The highest BCUT2D eigenvalue weighted by Crippen LogP contribution is 2.24. The standard InChI is InChI=1S/C7H10N4O3/c1-5(12)10(3)7-6(11(13)14)4-9(2)8-7/h4H,1-3H3. The number of aryl methyl sites for hydroxylation is 1. The van der Waals surface area contributed by atoms with Crippen LogP contribution in [-0.2, 0) is 11.8 Å². The van der Waals surface area contributed by atoms with Gasteiger partial charge < -0.3 is 0 Å². The molecule has 14 heavy (non-hydrogen) atoms. The third-order valence-electron chi connectivity index (χ3n) is 1.78. The van der Waals surface area contributed by atoms with Crippen LogP contribution in [0.5, 0.6) is 0 Å². The van der Waals surface area contributed by atoms with Crippen LogP contribution in [0.1, 0.15) is 6.92 Å². The van der Waals surface area contributed by atoms with Gasteiger partial charge in [0, 0.05) is 21.0 Å². The predicted molar refractivity (Wildman–Crippen MR) is 48.9 cm³/mol. The fourth-order valence-corrected chi connectivity index (χ4v) is 0.981. The van der Waals surface area contributed by atoms with Crippen molar-refractivity contribution < 1.29 is 9.72 Å². The summed E-state index contributed by atoms with van der Waals surface area (Å²) in [5, 5.41) is 14.4. The lowest BCUT2D eigenvalue weighted by atomic mass is 10.4. The lowest BCUT2D eigenvalue weighted by molar-refractivity contribution is -0.384. The smallest absolute Gasteiger partial charge is 0.293 e. The van der Waals surface area contributed by atoms with Crippen LogP contribution in [0.3, 0.4) is 0 Å². The van der Waals surface area contributed by atoms with Gasteiger partial charge in [0.1, 0.15) is 6.20 Å². The van der Waals surface area contributed by atoms with Crippen molar-refractivity contribution in [2.45, 2.75) is 6.92 Å². The van der Waals surface area contributed by atoms with Crippen LogP contribution in [0.2, 0.25) is 0 Å². The molecule has 0 saturated heterocycles. The minimum atomic E-state index is -0.568. The molecule has 76 valence electrons. The molecule has 0 spiro atoms. The van der Waals surface area contributed by atoms with E-state index in [1.54, 1.807) is 7.05 Å². The molecule has 1 aromatic rings. The minimum Gasteiger partial charge on any atom is -0.293 e. The number of anilines is 1. The molecule has 0 N–H and O–H groups in total. The molecule has 1 heterocycles. The van der Waals surface area contributed by atoms with Crippen LogP contribution >= 0.6 is 0 Å². The predicted octanol–water partition coefficient (Wildman–Crippen LogP) is 0.311. The zero-order chi connectivity index (χ0) is 10.9.